The third-order valence-electron chi connectivity index (χ3n) is 5.06. The number of carbonyl (C=O) groups excluding carboxylic acids is 1. The first-order valence-corrected chi connectivity index (χ1v) is 11.8. The van der Waals surface area contributed by atoms with Crippen LogP contribution in [0.5, 0.6) is 5.75 Å². The van der Waals surface area contributed by atoms with E-state index >= 15 is 0 Å². The number of hydrogen-bond donors (Lipinski definition) is 2. The van der Waals surface area contributed by atoms with Crippen LogP contribution >= 0.6 is 11.8 Å². The number of amides is 1. The summed E-state index contributed by atoms with van der Waals surface area (Å²) in [6.07, 6.45) is 1.04. The van der Waals surface area contributed by atoms with Crippen LogP contribution < -0.4 is 15.4 Å². The van der Waals surface area contributed by atoms with Crippen LogP contribution in [0.2, 0.25) is 0 Å². The predicted octanol–water partition coefficient (Wildman–Crippen LogP) is 5.11. The van der Waals surface area contributed by atoms with Crippen molar-refractivity contribution in [3.05, 3.63) is 71.4 Å². The largest absolute Gasteiger partial charge is 0.492 e. The van der Waals surface area contributed by atoms with Crippen LogP contribution in [0.25, 0.3) is 0 Å². The van der Waals surface area contributed by atoms with Crippen LogP contribution in [-0.2, 0) is 4.79 Å². The lowest BCUT2D eigenvalue weighted by Gasteiger charge is -2.28. The van der Waals surface area contributed by atoms with E-state index in [4.69, 9.17) is 9.84 Å². The molecule has 0 aliphatic carbocycles. The van der Waals surface area contributed by atoms with Gasteiger partial charge in [0.15, 0.2) is 0 Å². The molecule has 1 aliphatic heterocycles. The molecule has 1 aromatic heterocycles. The predicted molar refractivity (Wildman–Crippen MR) is 128 cm³/mol. The van der Waals surface area contributed by atoms with Crippen LogP contribution in [0.4, 0.5) is 11.6 Å². The van der Waals surface area contributed by atoms with E-state index in [1.807, 2.05) is 73.1 Å². The van der Waals surface area contributed by atoms with E-state index < -0.39 is 6.04 Å². The third kappa shape index (κ3) is 4.50. The van der Waals surface area contributed by atoms with Gasteiger partial charge in [-0.05, 0) is 38.0 Å². The number of allylic oxidation sites excluding steroid dienone is 1. The number of nitrogens with one attached hydrogen (secondary N) is 2. The summed E-state index contributed by atoms with van der Waals surface area (Å²) in [5.41, 5.74) is 2.94. The molecule has 7 nitrogen and oxygen atoms in total. The highest BCUT2D eigenvalue weighted by atomic mass is 32.2. The summed E-state index contributed by atoms with van der Waals surface area (Å²) in [5, 5.41) is 11.7. The Balaban J connectivity index is 1.73. The zero-order valence-electron chi connectivity index (χ0n) is 18.5. The van der Waals surface area contributed by atoms with Gasteiger partial charge < -0.3 is 15.4 Å². The number of aromatic nitrogens is 3. The van der Waals surface area contributed by atoms with Gasteiger partial charge in [-0.1, -0.05) is 61.2 Å². The number of rotatable bonds is 8. The van der Waals surface area contributed by atoms with Crippen molar-refractivity contribution in [1.82, 2.24) is 14.8 Å². The minimum Gasteiger partial charge on any atom is -0.492 e. The normalized spacial score (nSPS) is 15.2. The van der Waals surface area contributed by atoms with Crippen LogP contribution in [0.3, 0.4) is 0 Å². The van der Waals surface area contributed by atoms with E-state index in [1.165, 1.54) is 0 Å². The number of thioether (sulfide) groups is 1. The maximum atomic E-state index is 13.6. The van der Waals surface area contributed by atoms with Crippen LogP contribution in [0.1, 0.15) is 38.8 Å². The Morgan fingerprint density at radius 1 is 1.16 bits per heavy atom. The Bertz CT molecular complexity index is 1130. The van der Waals surface area contributed by atoms with Gasteiger partial charge in [0.25, 0.3) is 5.91 Å². The molecule has 1 atom stereocenters. The number of anilines is 2. The number of carbonyl (C=O) groups is 1. The molecule has 8 heteroatoms. The quantitative estimate of drug-likeness (QED) is 0.465. The van der Waals surface area contributed by atoms with Gasteiger partial charge in [-0.3, -0.25) is 4.79 Å². The Hall–Kier alpha value is -3.26. The number of hydrogen-bond acceptors (Lipinski definition) is 6. The van der Waals surface area contributed by atoms with Gasteiger partial charge in [0.05, 0.1) is 17.9 Å². The number of ether oxygens (including phenoxy) is 1. The second kappa shape index (κ2) is 9.91. The number of benzene rings is 2. The molecule has 0 saturated heterocycles. The first-order chi connectivity index (χ1) is 15.6. The van der Waals surface area contributed by atoms with E-state index in [0.29, 0.717) is 34.7 Å². The fraction of sp³-hybridized carbons (Fsp3) is 0.292. The molecular weight excluding hydrogens is 422 g/mol. The summed E-state index contributed by atoms with van der Waals surface area (Å²) >= 11 is 1.61. The first-order valence-electron chi connectivity index (χ1n) is 10.8. The molecule has 1 unspecified atom stereocenters. The summed E-state index contributed by atoms with van der Waals surface area (Å²) in [6, 6.07) is 17.0. The highest BCUT2D eigenvalue weighted by molar-refractivity contribution is 7.99. The molecule has 0 fully saturated rings. The molecular formula is C24H27N5O2S. The number of para-hydroxylation sites is 2. The molecule has 2 N–H and O–H groups in total. The molecule has 3 aromatic rings. The molecule has 0 spiro atoms. The third-order valence-corrected chi connectivity index (χ3v) is 6.11. The highest BCUT2D eigenvalue weighted by Gasteiger charge is 2.34. The van der Waals surface area contributed by atoms with Crippen molar-refractivity contribution in [1.29, 1.82) is 0 Å². The van der Waals surface area contributed by atoms with Gasteiger partial charge in [-0.2, -0.15) is 4.98 Å². The molecule has 1 aliphatic rings. The topological polar surface area (TPSA) is 81.1 Å². The average Bonchev–Trinajstić information content (AvgIpc) is 3.21. The summed E-state index contributed by atoms with van der Waals surface area (Å²) in [4.78, 5) is 18.2. The van der Waals surface area contributed by atoms with Crippen molar-refractivity contribution in [2.24, 2.45) is 0 Å². The zero-order valence-corrected chi connectivity index (χ0v) is 19.3. The second-order valence-corrected chi connectivity index (χ2v) is 8.43. The Morgan fingerprint density at radius 3 is 2.66 bits per heavy atom. The lowest BCUT2D eigenvalue weighted by molar-refractivity contribution is -0.113. The van der Waals surface area contributed by atoms with Gasteiger partial charge in [0.1, 0.15) is 11.8 Å². The molecule has 32 heavy (non-hydrogen) atoms. The van der Waals surface area contributed by atoms with Crippen LogP contribution in [0, 0.1) is 0 Å². The lowest BCUT2D eigenvalue weighted by atomic mass is 9.95. The standard InChI is InChI=1S/C24H27N5O2S/c1-4-15-32-24-27-23-25-16(3)20(21(29(23)28-24)17-11-7-6-8-12-17)22(30)26-18-13-9-10-14-19(18)31-5-2/h6-14,21H,4-5,15H2,1-3H3,(H,26,30)(H,25,27,28). The Labute approximate surface area is 192 Å². The zero-order chi connectivity index (χ0) is 22.5. The average molecular weight is 450 g/mol. The molecule has 0 radical (unpaired) electrons. The lowest BCUT2D eigenvalue weighted by Crippen LogP contribution is -2.31. The fourth-order valence-electron chi connectivity index (χ4n) is 3.66. The van der Waals surface area contributed by atoms with Gasteiger partial charge >= 0.3 is 0 Å². The van der Waals surface area contributed by atoms with Gasteiger partial charge in [0, 0.05) is 11.4 Å². The van der Waals surface area contributed by atoms with Crippen molar-refractivity contribution in [3.8, 4) is 5.75 Å². The molecule has 2 aromatic carbocycles. The summed E-state index contributed by atoms with van der Waals surface area (Å²) < 4.78 is 7.49. The minimum absolute atomic E-state index is 0.208. The van der Waals surface area contributed by atoms with Crippen molar-refractivity contribution >= 4 is 29.3 Å². The van der Waals surface area contributed by atoms with Crippen molar-refractivity contribution in [2.45, 2.75) is 38.4 Å². The molecule has 0 saturated carbocycles. The van der Waals surface area contributed by atoms with Crippen molar-refractivity contribution in [2.75, 3.05) is 23.0 Å². The van der Waals surface area contributed by atoms with Crippen LogP contribution in [-0.4, -0.2) is 33.0 Å². The summed E-state index contributed by atoms with van der Waals surface area (Å²) in [7, 11) is 0. The second-order valence-electron chi connectivity index (χ2n) is 7.37. The van der Waals surface area contributed by atoms with Gasteiger partial charge in [-0.25, -0.2) is 4.68 Å². The Morgan fingerprint density at radius 2 is 1.91 bits per heavy atom. The minimum atomic E-state index is -0.393. The summed E-state index contributed by atoms with van der Waals surface area (Å²) in [5.74, 6) is 2.01. The molecule has 4 rings (SSSR count). The van der Waals surface area contributed by atoms with E-state index in [1.54, 1.807) is 11.8 Å². The molecule has 2 heterocycles. The summed E-state index contributed by atoms with van der Waals surface area (Å²) in [6.45, 7) is 6.46. The van der Waals surface area contributed by atoms with E-state index in [-0.39, 0.29) is 5.91 Å². The maximum absolute atomic E-state index is 13.6. The first kappa shape index (κ1) is 22.0. The molecule has 0 bridgehead atoms. The van der Waals surface area contributed by atoms with E-state index in [2.05, 4.69) is 22.5 Å². The van der Waals surface area contributed by atoms with Crippen LogP contribution in [0.15, 0.2) is 71.0 Å². The highest BCUT2D eigenvalue weighted by Crippen LogP contribution is 2.37. The van der Waals surface area contributed by atoms with Gasteiger partial charge in [0.2, 0.25) is 11.1 Å². The van der Waals surface area contributed by atoms with E-state index in [0.717, 1.165) is 23.4 Å². The SMILES string of the molecule is CCCSc1nc2n(n1)C(c1ccccc1)C(C(=O)Nc1ccccc1OCC)=C(C)N2. The van der Waals surface area contributed by atoms with Crippen molar-refractivity contribution in [3.63, 3.8) is 0 Å². The number of fused-ring (bicyclic) bond motifs is 1. The Kier molecular flexibility index (Phi) is 6.80. The fourth-order valence-corrected chi connectivity index (χ4v) is 4.35. The maximum Gasteiger partial charge on any atom is 0.255 e. The molecule has 166 valence electrons. The smallest absolute Gasteiger partial charge is 0.255 e. The number of nitrogens with zero attached hydrogens (tertiary/aromatic N) is 3. The van der Waals surface area contributed by atoms with E-state index in [9.17, 15) is 4.79 Å². The molecule has 1 amide bonds. The van der Waals surface area contributed by atoms with Crippen molar-refractivity contribution < 1.29 is 9.53 Å². The monoisotopic (exact) mass is 449 g/mol. The van der Waals surface area contributed by atoms with Gasteiger partial charge in [-0.15, -0.1) is 5.10 Å².